The predicted octanol–water partition coefficient (Wildman–Crippen LogP) is 1.48. The molecule has 1 unspecified atom stereocenters. The van der Waals surface area contributed by atoms with E-state index in [1.807, 2.05) is 14.0 Å². The Morgan fingerprint density at radius 1 is 1.65 bits per heavy atom. The number of nitrogens with zero attached hydrogens (tertiary/aromatic N) is 3. The average molecular weight is 259 g/mol. The van der Waals surface area contributed by atoms with E-state index in [0.29, 0.717) is 0 Å². The molecule has 1 rings (SSSR count). The Kier molecular flexibility index (Phi) is 5.43. The van der Waals surface area contributed by atoms with Crippen molar-refractivity contribution in [3.8, 4) is 0 Å². The van der Waals surface area contributed by atoms with Crippen LogP contribution in [0.25, 0.3) is 0 Å². The van der Waals surface area contributed by atoms with Gasteiger partial charge in [-0.15, -0.1) is 0 Å². The van der Waals surface area contributed by atoms with Gasteiger partial charge in [-0.05, 0) is 25.4 Å². The normalized spacial score (nSPS) is 12.3. The summed E-state index contributed by atoms with van der Waals surface area (Å²) >= 11 is 1.77. The largest absolute Gasteiger partial charge is 0.354 e. The minimum atomic E-state index is -0.442. The van der Waals surface area contributed by atoms with E-state index < -0.39 is 5.82 Å². The van der Waals surface area contributed by atoms with Crippen LogP contribution in [0.4, 0.5) is 16.2 Å². The highest BCUT2D eigenvalue weighted by Crippen LogP contribution is 2.19. The van der Waals surface area contributed by atoms with Gasteiger partial charge in [0.15, 0.2) is 11.6 Å². The van der Waals surface area contributed by atoms with Crippen LogP contribution >= 0.6 is 11.8 Å². The van der Waals surface area contributed by atoms with Gasteiger partial charge >= 0.3 is 0 Å². The molecule has 5 nitrogen and oxygen atoms in total. The molecule has 3 N–H and O–H groups in total. The van der Waals surface area contributed by atoms with Gasteiger partial charge in [-0.3, -0.25) is 5.43 Å². The summed E-state index contributed by atoms with van der Waals surface area (Å²) in [5, 5.41) is 0. The van der Waals surface area contributed by atoms with Crippen molar-refractivity contribution in [2.75, 3.05) is 29.4 Å². The molecular formula is C10H18FN5S. The number of nitrogens with two attached hydrogens (primary N) is 1. The zero-order valence-corrected chi connectivity index (χ0v) is 11.1. The number of nitrogen functional groups attached to an aromatic ring is 1. The van der Waals surface area contributed by atoms with Gasteiger partial charge in [-0.2, -0.15) is 16.7 Å². The third-order valence-corrected chi connectivity index (χ3v) is 3.23. The van der Waals surface area contributed by atoms with E-state index in [-0.39, 0.29) is 17.8 Å². The third-order valence-electron chi connectivity index (χ3n) is 2.59. The fourth-order valence-electron chi connectivity index (χ4n) is 1.37. The summed E-state index contributed by atoms with van der Waals surface area (Å²) in [5.41, 5.74) is 2.31. The van der Waals surface area contributed by atoms with Crippen molar-refractivity contribution in [2.24, 2.45) is 5.84 Å². The Morgan fingerprint density at radius 3 is 2.94 bits per heavy atom. The smallest absolute Gasteiger partial charge is 0.239 e. The highest BCUT2D eigenvalue weighted by molar-refractivity contribution is 7.98. The Hall–Kier alpha value is -1.08. The van der Waals surface area contributed by atoms with Crippen molar-refractivity contribution >= 4 is 23.5 Å². The van der Waals surface area contributed by atoms with Gasteiger partial charge in [0.05, 0.1) is 6.20 Å². The molecule has 0 aliphatic rings. The molecule has 1 aromatic heterocycles. The minimum Gasteiger partial charge on any atom is -0.354 e. The Morgan fingerprint density at radius 2 is 2.35 bits per heavy atom. The number of aromatic nitrogens is 2. The molecule has 0 bridgehead atoms. The fourth-order valence-corrected chi connectivity index (χ4v) is 1.94. The van der Waals surface area contributed by atoms with Crippen molar-refractivity contribution in [1.82, 2.24) is 9.97 Å². The van der Waals surface area contributed by atoms with Crippen molar-refractivity contribution in [2.45, 2.75) is 19.4 Å². The summed E-state index contributed by atoms with van der Waals surface area (Å²) in [6, 6.07) is 0.206. The molecule has 1 heterocycles. The molecule has 0 aliphatic carbocycles. The molecule has 0 aliphatic heterocycles. The lowest BCUT2D eigenvalue weighted by Gasteiger charge is -2.26. The monoisotopic (exact) mass is 259 g/mol. The second-order valence-electron chi connectivity index (χ2n) is 3.75. The molecule has 0 aromatic carbocycles. The van der Waals surface area contributed by atoms with Crippen LogP contribution in [0.3, 0.4) is 0 Å². The molecular weight excluding hydrogens is 241 g/mol. The highest BCUT2D eigenvalue weighted by atomic mass is 32.2. The van der Waals surface area contributed by atoms with Gasteiger partial charge in [0.25, 0.3) is 0 Å². The molecule has 0 radical (unpaired) electrons. The number of hydrazine groups is 1. The van der Waals surface area contributed by atoms with Crippen LogP contribution in [0.2, 0.25) is 0 Å². The first-order valence-electron chi connectivity index (χ1n) is 5.31. The first-order valence-corrected chi connectivity index (χ1v) is 6.70. The predicted molar refractivity (Wildman–Crippen MR) is 70.7 cm³/mol. The number of halogens is 1. The molecule has 1 atom stereocenters. The number of hydrogen-bond acceptors (Lipinski definition) is 6. The van der Waals surface area contributed by atoms with E-state index >= 15 is 0 Å². The maximum atomic E-state index is 13.6. The lowest BCUT2D eigenvalue weighted by Crippen LogP contribution is -2.31. The molecule has 0 saturated carbocycles. The molecule has 0 spiro atoms. The molecule has 1 aromatic rings. The second-order valence-corrected chi connectivity index (χ2v) is 4.74. The summed E-state index contributed by atoms with van der Waals surface area (Å²) < 4.78 is 13.6. The van der Waals surface area contributed by atoms with Gasteiger partial charge in [0.2, 0.25) is 5.95 Å². The number of thioether (sulfide) groups is 1. The maximum absolute atomic E-state index is 13.6. The van der Waals surface area contributed by atoms with Gasteiger partial charge in [-0.1, -0.05) is 0 Å². The SMILES string of the molecule is CSCCC(C)N(C)c1nc(NN)ncc1F. The second kappa shape index (κ2) is 6.61. The number of anilines is 2. The van der Waals surface area contributed by atoms with E-state index in [0.717, 1.165) is 18.4 Å². The van der Waals surface area contributed by atoms with E-state index in [2.05, 4.69) is 21.6 Å². The van der Waals surface area contributed by atoms with Crippen LogP contribution in [-0.4, -0.2) is 35.1 Å². The average Bonchev–Trinajstić information content (AvgIpc) is 2.35. The van der Waals surface area contributed by atoms with Crippen molar-refractivity contribution in [3.63, 3.8) is 0 Å². The molecule has 17 heavy (non-hydrogen) atoms. The van der Waals surface area contributed by atoms with Gasteiger partial charge < -0.3 is 4.90 Å². The van der Waals surface area contributed by atoms with Crippen LogP contribution in [0.1, 0.15) is 13.3 Å². The van der Waals surface area contributed by atoms with Crippen LogP contribution in [0.5, 0.6) is 0 Å². The van der Waals surface area contributed by atoms with Crippen molar-refractivity contribution in [1.29, 1.82) is 0 Å². The molecule has 0 amide bonds. The lowest BCUT2D eigenvalue weighted by molar-refractivity contribution is 0.586. The van der Waals surface area contributed by atoms with Crippen LogP contribution in [-0.2, 0) is 0 Å². The van der Waals surface area contributed by atoms with Crippen molar-refractivity contribution < 1.29 is 4.39 Å². The Labute approximate surface area is 105 Å². The molecule has 0 saturated heterocycles. The van der Waals surface area contributed by atoms with E-state index in [9.17, 15) is 4.39 Å². The number of hydrogen-bond donors (Lipinski definition) is 2. The zero-order valence-electron chi connectivity index (χ0n) is 10.3. The van der Waals surface area contributed by atoms with E-state index in [4.69, 9.17) is 5.84 Å². The first kappa shape index (κ1) is 14.0. The van der Waals surface area contributed by atoms with Crippen LogP contribution < -0.4 is 16.2 Å². The summed E-state index contributed by atoms with van der Waals surface area (Å²) in [4.78, 5) is 9.52. The van der Waals surface area contributed by atoms with Crippen LogP contribution in [0, 0.1) is 5.82 Å². The lowest BCUT2D eigenvalue weighted by atomic mass is 10.2. The number of rotatable bonds is 6. The van der Waals surface area contributed by atoms with Gasteiger partial charge in [0, 0.05) is 13.1 Å². The van der Waals surface area contributed by atoms with Crippen molar-refractivity contribution in [3.05, 3.63) is 12.0 Å². The van der Waals surface area contributed by atoms with E-state index in [1.54, 1.807) is 16.7 Å². The molecule has 96 valence electrons. The van der Waals surface area contributed by atoms with Crippen LogP contribution in [0.15, 0.2) is 6.20 Å². The highest BCUT2D eigenvalue weighted by Gasteiger charge is 2.16. The minimum absolute atomic E-state index is 0.206. The Balaban J connectivity index is 2.82. The first-order chi connectivity index (χ1) is 8.10. The number of nitrogens with one attached hydrogen (secondary N) is 1. The quantitative estimate of drug-likeness (QED) is 0.596. The fraction of sp³-hybridized carbons (Fsp3) is 0.600. The maximum Gasteiger partial charge on any atom is 0.239 e. The standard InChI is InChI=1S/C10H18FN5S/c1-7(4-5-17-3)16(2)9-8(11)6-13-10(14-9)15-12/h6-7H,4-5,12H2,1-3H3,(H,13,14,15). The van der Waals surface area contributed by atoms with E-state index in [1.165, 1.54) is 0 Å². The third kappa shape index (κ3) is 3.71. The summed E-state index contributed by atoms with van der Waals surface area (Å²) in [7, 11) is 1.82. The topological polar surface area (TPSA) is 67.1 Å². The van der Waals surface area contributed by atoms with Gasteiger partial charge in [0.1, 0.15) is 0 Å². The molecule has 7 heteroatoms. The summed E-state index contributed by atoms with van der Waals surface area (Å²) in [6.45, 7) is 2.04. The summed E-state index contributed by atoms with van der Waals surface area (Å²) in [6.07, 6.45) is 4.14. The molecule has 0 fully saturated rings. The summed E-state index contributed by atoms with van der Waals surface area (Å²) in [5.74, 6) is 6.27. The zero-order chi connectivity index (χ0) is 12.8. The Bertz CT molecular complexity index is 363. The van der Waals surface area contributed by atoms with Gasteiger partial charge in [-0.25, -0.2) is 15.2 Å².